The highest BCUT2D eigenvalue weighted by Crippen LogP contribution is 2.65. The minimum Gasteiger partial charge on any atom is -0.294 e. The Balaban J connectivity index is 1.44. The standard InChI is InChI=1S/C21H22N2O3/c1-11-3-5-13(6-4-11)22(12(2)24)10-23-20(25)18-14-7-8-15(17-9-16(14)17)19(18)21(23)26/h3-8,14-19H,9-10H2,1-2H3/t14-,15-,16-,17+,18+,19-/m1/s1. The number of likely N-dealkylation sites (tertiary alicyclic amines) is 1. The minimum absolute atomic E-state index is 0.0117. The molecule has 3 amide bonds. The number of amides is 3. The number of aryl methyl sites for hydroxylation is 1. The van der Waals surface area contributed by atoms with Gasteiger partial charge in [0.05, 0.1) is 11.8 Å². The van der Waals surface area contributed by atoms with Gasteiger partial charge in [-0.3, -0.25) is 24.2 Å². The van der Waals surface area contributed by atoms with Gasteiger partial charge in [0.25, 0.3) is 0 Å². The van der Waals surface area contributed by atoms with Gasteiger partial charge in [0.1, 0.15) is 6.67 Å². The highest BCUT2D eigenvalue weighted by atomic mass is 16.2. The number of hydrogen-bond acceptors (Lipinski definition) is 3. The zero-order valence-electron chi connectivity index (χ0n) is 15.0. The second-order valence-electron chi connectivity index (χ2n) is 8.18. The van der Waals surface area contributed by atoms with Crippen LogP contribution in [0, 0.1) is 42.4 Å². The average Bonchev–Trinajstić information content (AvgIpc) is 3.40. The van der Waals surface area contributed by atoms with Gasteiger partial charge >= 0.3 is 0 Å². The Kier molecular flexibility index (Phi) is 3.21. The maximum atomic E-state index is 13.1. The molecular formula is C21H22N2O3. The second-order valence-corrected chi connectivity index (χ2v) is 8.18. The molecular weight excluding hydrogens is 328 g/mol. The number of rotatable bonds is 3. The molecule has 0 N–H and O–H groups in total. The smallest absolute Gasteiger partial charge is 0.235 e. The Morgan fingerprint density at radius 3 is 2.08 bits per heavy atom. The zero-order valence-corrected chi connectivity index (χ0v) is 15.0. The van der Waals surface area contributed by atoms with Crippen molar-refractivity contribution < 1.29 is 14.4 Å². The van der Waals surface area contributed by atoms with Crippen LogP contribution in [0.4, 0.5) is 5.69 Å². The third-order valence-electron chi connectivity index (χ3n) is 6.76. The maximum absolute atomic E-state index is 13.1. The summed E-state index contributed by atoms with van der Waals surface area (Å²) in [7, 11) is 0. The van der Waals surface area contributed by atoms with Gasteiger partial charge in [0, 0.05) is 12.6 Å². The first-order chi connectivity index (χ1) is 12.5. The highest BCUT2D eigenvalue weighted by Gasteiger charge is 2.67. The third kappa shape index (κ3) is 2.06. The van der Waals surface area contributed by atoms with Gasteiger partial charge in [-0.1, -0.05) is 29.8 Å². The lowest BCUT2D eigenvalue weighted by molar-refractivity contribution is -0.140. The summed E-state index contributed by atoms with van der Waals surface area (Å²) in [5, 5.41) is 0. The van der Waals surface area contributed by atoms with E-state index in [4.69, 9.17) is 0 Å². The number of carbonyl (C=O) groups excluding carboxylic acids is 3. The van der Waals surface area contributed by atoms with E-state index in [1.54, 1.807) is 0 Å². The highest BCUT2D eigenvalue weighted by molar-refractivity contribution is 6.07. The predicted molar refractivity (Wildman–Crippen MR) is 95.8 cm³/mol. The summed E-state index contributed by atoms with van der Waals surface area (Å²) >= 11 is 0. The first kappa shape index (κ1) is 15.8. The van der Waals surface area contributed by atoms with E-state index in [2.05, 4.69) is 12.2 Å². The number of anilines is 1. The van der Waals surface area contributed by atoms with E-state index in [-0.39, 0.29) is 48.1 Å². The summed E-state index contributed by atoms with van der Waals surface area (Å²) in [6.07, 6.45) is 5.48. The Morgan fingerprint density at radius 2 is 1.58 bits per heavy atom. The molecule has 2 bridgehead atoms. The molecule has 1 aromatic rings. The fourth-order valence-electron chi connectivity index (χ4n) is 5.39. The lowest BCUT2D eigenvalue weighted by Gasteiger charge is -2.37. The van der Waals surface area contributed by atoms with Crippen LogP contribution in [0.2, 0.25) is 0 Å². The monoisotopic (exact) mass is 350 g/mol. The van der Waals surface area contributed by atoms with Crippen LogP contribution in [-0.4, -0.2) is 29.3 Å². The Hall–Kier alpha value is -2.43. The molecule has 6 atom stereocenters. The lowest BCUT2D eigenvalue weighted by Crippen LogP contribution is -2.44. The van der Waals surface area contributed by atoms with Crippen molar-refractivity contribution in [3.63, 3.8) is 0 Å². The molecule has 26 heavy (non-hydrogen) atoms. The summed E-state index contributed by atoms with van der Waals surface area (Å²) in [5.41, 5.74) is 1.81. The molecule has 6 rings (SSSR count). The van der Waals surface area contributed by atoms with Crippen LogP contribution < -0.4 is 4.90 Å². The molecule has 5 heteroatoms. The largest absolute Gasteiger partial charge is 0.294 e. The topological polar surface area (TPSA) is 57.7 Å². The molecule has 0 radical (unpaired) electrons. The van der Waals surface area contributed by atoms with Crippen molar-refractivity contribution in [2.24, 2.45) is 35.5 Å². The van der Waals surface area contributed by atoms with Gasteiger partial charge in [-0.2, -0.15) is 0 Å². The van der Waals surface area contributed by atoms with Crippen LogP contribution >= 0.6 is 0 Å². The van der Waals surface area contributed by atoms with Gasteiger partial charge in [0.2, 0.25) is 17.7 Å². The van der Waals surface area contributed by atoms with Crippen LogP contribution in [0.1, 0.15) is 18.9 Å². The van der Waals surface area contributed by atoms with Gasteiger partial charge in [-0.15, -0.1) is 0 Å². The van der Waals surface area contributed by atoms with E-state index < -0.39 is 0 Å². The van der Waals surface area contributed by atoms with Crippen molar-refractivity contribution in [2.75, 3.05) is 11.6 Å². The van der Waals surface area contributed by atoms with Crippen LogP contribution in [0.25, 0.3) is 0 Å². The molecule has 1 saturated heterocycles. The third-order valence-corrected chi connectivity index (χ3v) is 6.76. The molecule has 2 saturated carbocycles. The summed E-state index contributed by atoms with van der Waals surface area (Å²) in [4.78, 5) is 41.2. The minimum atomic E-state index is -0.215. The predicted octanol–water partition coefficient (Wildman–Crippen LogP) is 2.36. The molecule has 5 aliphatic rings. The Labute approximate surface area is 152 Å². The van der Waals surface area contributed by atoms with E-state index in [1.165, 1.54) is 16.7 Å². The molecule has 0 unspecified atom stereocenters. The first-order valence-corrected chi connectivity index (χ1v) is 9.35. The molecule has 1 aliphatic heterocycles. The van der Waals surface area contributed by atoms with Crippen LogP contribution in [0.3, 0.4) is 0 Å². The SMILES string of the molecule is CC(=O)N(CN1C(=O)[C@@H]2[C@@H]3C=C[C@H]([C@H]4C[C@@H]34)[C@@H]2C1=O)c1ccc(C)cc1. The van der Waals surface area contributed by atoms with E-state index in [0.29, 0.717) is 17.5 Å². The maximum Gasteiger partial charge on any atom is 0.235 e. The van der Waals surface area contributed by atoms with Gasteiger partial charge < -0.3 is 0 Å². The summed E-state index contributed by atoms with van der Waals surface area (Å²) in [6.45, 7) is 3.46. The van der Waals surface area contributed by atoms with Crippen molar-refractivity contribution >= 4 is 23.4 Å². The fraction of sp³-hybridized carbons (Fsp3) is 0.476. The van der Waals surface area contributed by atoms with E-state index in [0.717, 1.165) is 12.0 Å². The fourth-order valence-corrected chi connectivity index (χ4v) is 5.39. The van der Waals surface area contributed by atoms with Crippen molar-refractivity contribution in [2.45, 2.75) is 20.3 Å². The van der Waals surface area contributed by atoms with Crippen LogP contribution in [0.15, 0.2) is 36.4 Å². The summed E-state index contributed by atoms with van der Waals surface area (Å²) < 4.78 is 0. The van der Waals surface area contributed by atoms with Crippen molar-refractivity contribution in [1.82, 2.24) is 4.90 Å². The van der Waals surface area contributed by atoms with Crippen LogP contribution in [0.5, 0.6) is 0 Å². The second kappa shape index (κ2) is 5.29. The molecule has 5 nitrogen and oxygen atoms in total. The van der Waals surface area contributed by atoms with Crippen molar-refractivity contribution in [3.05, 3.63) is 42.0 Å². The molecule has 3 fully saturated rings. The summed E-state index contributed by atoms with van der Waals surface area (Å²) in [6, 6.07) is 7.57. The number of imide groups is 1. The summed E-state index contributed by atoms with van der Waals surface area (Å²) in [5.74, 6) is 0.802. The molecule has 4 aliphatic carbocycles. The van der Waals surface area contributed by atoms with E-state index in [9.17, 15) is 14.4 Å². The number of benzene rings is 1. The zero-order chi connectivity index (χ0) is 18.2. The van der Waals surface area contributed by atoms with Gasteiger partial charge in [0.15, 0.2) is 0 Å². The molecule has 134 valence electrons. The molecule has 1 heterocycles. The number of carbonyl (C=O) groups is 3. The number of nitrogens with zero attached hydrogens (tertiary/aromatic N) is 2. The van der Waals surface area contributed by atoms with Gasteiger partial charge in [-0.05, 0) is 49.1 Å². The average molecular weight is 350 g/mol. The normalized spacial score (nSPS) is 36.2. The number of hydrogen-bond donors (Lipinski definition) is 0. The molecule has 0 spiro atoms. The molecule has 0 aromatic heterocycles. The van der Waals surface area contributed by atoms with E-state index in [1.807, 2.05) is 31.2 Å². The Morgan fingerprint density at radius 1 is 1.04 bits per heavy atom. The van der Waals surface area contributed by atoms with Crippen molar-refractivity contribution in [1.29, 1.82) is 0 Å². The Bertz CT molecular complexity index is 807. The number of allylic oxidation sites excluding steroid dienone is 2. The first-order valence-electron chi connectivity index (χ1n) is 9.35. The van der Waals surface area contributed by atoms with Crippen LogP contribution in [-0.2, 0) is 14.4 Å². The van der Waals surface area contributed by atoms with Crippen molar-refractivity contribution in [3.8, 4) is 0 Å². The van der Waals surface area contributed by atoms with E-state index >= 15 is 0 Å². The lowest BCUT2D eigenvalue weighted by atomic mass is 9.63. The quantitative estimate of drug-likeness (QED) is 0.621. The van der Waals surface area contributed by atoms with Gasteiger partial charge in [-0.25, -0.2) is 0 Å². The molecule has 1 aromatic carbocycles.